The van der Waals surface area contributed by atoms with E-state index in [1.807, 2.05) is 4.90 Å². The second-order valence-electron chi connectivity index (χ2n) is 3.57. The van der Waals surface area contributed by atoms with Gasteiger partial charge in [0.25, 0.3) is 0 Å². The predicted octanol–water partition coefficient (Wildman–Crippen LogP) is 1.36. The van der Waals surface area contributed by atoms with Crippen molar-refractivity contribution in [2.75, 3.05) is 18.0 Å². The highest BCUT2D eigenvalue weighted by molar-refractivity contribution is 5.37. The number of hydrogen-bond donors (Lipinski definition) is 0. The van der Waals surface area contributed by atoms with E-state index in [2.05, 4.69) is 16.0 Å². The molecule has 0 N–H and O–H groups in total. The van der Waals surface area contributed by atoms with Crippen LogP contribution in [0.2, 0.25) is 0 Å². The van der Waals surface area contributed by atoms with Crippen molar-refractivity contribution in [3.8, 4) is 6.07 Å². The zero-order chi connectivity index (χ0) is 10.7. The van der Waals surface area contributed by atoms with Crippen molar-refractivity contribution >= 4 is 5.82 Å². The molecule has 1 saturated heterocycles. The lowest BCUT2D eigenvalue weighted by atomic mass is 9.99. The molecule has 0 radical (unpaired) electrons. The molecule has 0 spiro atoms. The van der Waals surface area contributed by atoms with Crippen molar-refractivity contribution in [2.24, 2.45) is 5.92 Å². The number of halogens is 1. The average molecular weight is 206 g/mol. The Morgan fingerprint density at radius 2 is 2.20 bits per heavy atom. The van der Waals surface area contributed by atoms with Gasteiger partial charge in [0.05, 0.1) is 6.07 Å². The van der Waals surface area contributed by atoms with E-state index in [0.29, 0.717) is 5.82 Å². The SMILES string of the molecule is N#CC1CCN(c2ccnc(F)n2)CC1. The highest BCUT2D eigenvalue weighted by atomic mass is 19.1. The van der Waals surface area contributed by atoms with E-state index in [4.69, 9.17) is 5.26 Å². The fourth-order valence-electron chi connectivity index (χ4n) is 1.74. The van der Waals surface area contributed by atoms with Gasteiger partial charge in [-0.15, -0.1) is 0 Å². The van der Waals surface area contributed by atoms with E-state index in [1.54, 1.807) is 6.07 Å². The molecule has 1 fully saturated rings. The van der Waals surface area contributed by atoms with Crippen molar-refractivity contribution in [3.05, 3.63) is 18.3 Å². The van der Waals surface area contributed by atoms with Crippen LogP contribution in [0.25, 0.3) is 0 Å². The maximum Gasteiger partial charge on any atom is 0.310 e. The Balaban J connectivity index is 2.05. The summed E-state index contributed by atoms with van der Waals surface area (Å²) in [5, 5.41) is 8.74. The van der Waals surface area contributed by atoms with Gasteiger partial charge in [-0.05, 0) is 18.9 Å². The van der Waals surface area contributed by atoms with Gasteiger partial charge in [-0.25, -0.2) is 4.98 Å². The van der Waals surface area contributed by atoms with Gasteiger partial charge in [0.15, 0.2) is 0 Å². The number of hydrogen-bond acceptors (Lipinski definition) is 4. The topological polar surface area (TPSA) is 52.8 Å². The monoisotopic (exact) mass is 206 g/mol. The molecule has 4 nitrogen and oxygen atoms in total. The largest absolute Gasteiger partial charge is 0.356 e. The first kappa shape index (κ1) is 9.84. The van der Waals surface area contributed by atoms with Gasteiger partial charge < -0.3 is 4.90 Å². The van der Waals surface area contributed by atoms with Gasteiger partial charge in [-0.1, -0.05) is 0 Å². The Kier molecular flexibility index (Phi) is 2.77. The molecule has 2 heterocycles. The molecule has 15 heavy (non-hydrogen) atoms. The first-order valence-corrected chi connectivity index (χ1v) is 4.92. The highest BCUT2D eigenvalue weighted by Gasteiger charge is 2.19. The Labute approximate surface area is 87.4 Å². The maximum absolute atomic E-state index is 12.8. The van der Waals surface area contributed by atoms with Crippen LogP contribution < -0.4 is 4.90 Å². The van der Waals surface area contributed by atoms with Gasteiger partial charge in [0, 0.05) is 25.2 Å². The molecule has 0 bridgehead atoms. The minimum absolute atomic E-state index is 0.132. The smallest absolute Gasteiger partial charge is 0.310 e. The Bertz CT molecular complexity index is 379. The fourth-order valence-corrected chi connectivity index (χ4v) is 1.74. The minimum Gasteiger partial charge on any atom is -0.356 e. The first-order valence-electron chi connectivity index (χ1n) is 4.92. The molecule has 2 rings (SSSR count). The molecule has 0 unspecified atom stereocenters. The summed E-state index contributed by atoms with van der Waals surface area (Å²) in [7, 11) is 0. The molecule has 0 amide bonds. The number of anilines is 1. The summed E-state index contributed by atoms with van der Waals surface area (Å²) in [4.78, 5) is 9.11. The number of nitriles is 1. The molecule has 1 aromatic heterocycles. The molecule has 5 heteroatoms. The van der Waals surface area contributed by atoms with Gasteiger partial charge >= 0.3 is 6.08 Å². The Morgan fingerprint density at radius 3 is 2.80 bits per heavy atom. The van der Waals surface area contributed by atoms with Gasteiger partial charge in [-0.3, -0.25) is 0 Å². The van der Waals surface area contributed by atoms with E-state index in [-0.39, 0.29) is 5.92 Å². The molecule has 1 aromatic rings. The standard InChI is InChI=1S/C10H11FN4/c11-10-13-4-1-9(14-10)15-5-2-8(7-12)3-6-15/h1,4,8H,2-3,5-6H2. The molecular weight excluding hydrogens is 195 g/mol. The summed E-state index contributed by atoms with van der Waals surface area (Å²) < 4.78 is 12.8. The first-order chi connectivity index (χ1) is 7.29. The quantitative estimate of drug-likeness (QED) is 0.651. The van der Waals surface area contributed by atoms with Crippen molar-refractivity contribution < 1.29 is 4.39 Å². The van der Waals surface area contributed by atoms with Gasteiger partial charge in [0.1, 0.15) is 5.82 Å². The van der Waals surface area contributed by atoms with Crippen LogP contribution in [0.1, 0.15) is 12.8 Å². The van der Waals surface area contributed by atoms with E-state index in [9.17, 15) is 4.39 Å². The third-order valence-electron chi connectivity index (χ3n) is 2.61. The summed E-state index contributed by atoms with van der Waals surface area (Å²) in [6, 6.07) is 3.94. The number of nitrogens with zero attached hydrogens (tertiary/aromatic N) is 4. The van der Waals surface area contributed by atoms with Crippen LogP contribution in [-0.4, -0.2) is 23.1 Å². The molecule has 78 valence electrons. The molecule has 0 atom stereocenters. The van der Waals surface area contributed by atoms with Crippen molar-refractivity contribution in [1.29, 1.82) is 5.26 Å². The number of aromatic nitrogens is 2. The van der Waals surface area contributed by atoms with E-state index < -0.39 is 6.08 Å². The summed E-state index contributed by atoms with van der Waals surface area (Å²) >= 11 is 0. The van der Waals surface area contributed by atoms with Gasteiger partial charge in [0.2, 0.25) is 0 Å². The fraction of sp³-hybridized carbons (Fsp3) is 0.500. The molecular formula is C10H11FN4. The lowest BCUT2D eigenvalue weighted by Gasteiger charge is -2.29. The lowest BCUT2D eigenvalue weighted by molar-refractivity contribution is 0.478. The van der Waals surface area contributed by atoms with Crippen molar-refractivity contribution in [1.82, 2.24) is 9.97 Å². The summed E-state index contributed by atoms with van der Waals surface area (Å²) in [6.45, 7) is 1.52. The lowest BCUT2D eigenvalue weighted by Crippen LogP contribution is -2.33. The summed E-state index contributed by atoms with van der Waals surface area (Å²) in [6.07, 6.45) is 2.35. The van der Waals surface area contributed by atoms with Gasteiger partial charge in [-0.2, -0.15) is 14.6 Å². The van der Waals surface area contributed by atoms with Crippen LogP contribution >= 0.6 is 0 Å². The molecule has 1 aliphatic rings. The summed E-state index contributed by atoms with van der Waals surface area (Å²) in [5.74, 6) is 0.742. The van der Waals surface area contributed by atoms with Crippen LogP contribution in [0.5, 0.6) is 0 Å². The average Bonchev–Trinajstić information content (AvgIpc) is 2.29. The molecule has 0 aromatic carbocycles. The third kappa shape index (κ3) is 2.21. The third-order valence-corrected chi connectivity index (χ3v) is 2.61. The number of rotatable bonds is 1. The van der Waals surface area contributed by atoms with Crippen molar-refractivity contribution in [2.45, 2.75) is 12.8 Å². The van der Waals surface area contributed by atoms with Crippen LogP contribution in [-0.2, 0) is 0 Å². The molecule has 1 aliphatic heterocycles. The second-order valence-corrected chi connectivity index (χ2v) is 3.57. The van der Waals surface area contributed by atoms with E-state index >= 15 is 0 Å². The van der Waals surface area contributed by atoms with Crippen molar-refractivity contribution in [3.63, 3.8) is 0 Å². The highest BCUT2D eigenvalue weighted by Crippen LogP contribution is 2.20. The Morgan fingerprint density at radius 1 is 1.47 bits per heavy atom. The van der Waals surface area contributed by atoms with Crippen LogP contribution in [0, 0.1) is 23.3 Å². The zero-order valence-electron chi connectivity index (χ0n) is 8.23. The van der Waals surface area contributed by atoms with Crippen LogP contribution in [0.3, 0.4) is 0 Å². The van der Waals surface area contributed by atoms with Crippen LogP contribution in [0.15, 0.2) is 12.3 Å². The minimum atomic E-state index is -0.699. The van der Waals surface area contributed by atoms with E-state index in [0.717, 1.165) is 25.9 Å². The molecule has 0 aliphatic carbocycles. The van der Waals surface area contributed by atoms with E-state index in [1.165, 1.54) is 6.20 Å². The predicted molar refractivity (Wildman–Crippen MR) is 52.5 cm³/mol. The molecule has 0 saturated carbocycles. The van der Waals surface area contributed by atoms with Crippen LogP contribution in [0.4, 0.5) is 10.2 Å². The second kappa shape index (κ2) is 4.22. The summed E-state index contributed by atoms with van der Waals surface area (Å²) in [5.41, 5.74) is 0. The Hall–Kier alpha value is -1.70. The normalized spacial score (nSPS) is 17.5. The zero-order valence-corrected chi connectivity index (χ0v) is 8.23. The maximum atomic E-state index is 12.8. The number of piperidine rings is 1.